The molecule has 0 aromatic heterocycles. The molecular weight excluding hydrogens is 334 g/mol. The Labute approximate surface area is 153 Å². The summed E-state index contributed by atoms with van der Waals surface area (Å²) >= 11 is 0. The summed E-state index contributed by atoms with van der Waals surface area (Å²) in [7, 11) is 3.85. The minimum absolute atomic E-state index is 0.146. The number of fused-ring (bicyclic) bond motifs is 1. The summed E-state index contributed by atoms with van der Waals surface area (Å²) in [4.78, 5) is 2.36. The number of methoxy groups -OCH3 is 1. The van der Waals surface area contributed by atoms with E-state index in [0.29, 0.717) is 32.0 Å². The molecule has 3 aliphatic heterocycles. The molecule has 3 heterocycles. The Bertz CT molecular complexity index is 713. The number of likely N-dealkylation sites (N-methyl/N-ethyl adjacent to an activating group) is 1. The topological polar surface area (TPSA) is 60.4 Å². The smallest absolute Gasteiger partial charge is 0.206 e. The zero-order valence-electron chi connectivity index (χ0n) is 15.4. The first kappa shape index (κ1) is 15.9. The van der Waals surface area contributed by atoms with Gasteiger partial charge in [-0.05, 0) is 44.8 Å². The Kier molecular flexibility index (Phi) is 2.97. The van der Waals surface area contributed by atoms with Crippen molar-refractivity contribution < 1.29 is 24.1 Å². The van der Waals surface area contributed by atoms with Crippen LogP contribution in [0.25, 0.3) is 0 Å². The molecule has 2 saturated carbocycles. The SMILES string of the molecule is COC1=C2O[C@H]3C4(CCC5(O)[C@H]6CC(C=C1)C2[C@@]35CCN6C)OCCO4. The van der Waals surface area contributed by atoms with Gasteiger partial charge in [0.1, 0.15) is 5.76 Å². The van der Waals surface area contributed by atoms with Gasteiger partial charge in [-0.15, -0.1) is 0 Å². The van der Waals surface area contributed by atoms with Crippen molar-refractivity contribution in [1.29, 1.82) is 0 Å². The van der Waals surface area contributed by atoms with Crippen LogP contribution >= 0.6 is 0 Å². The van der Waals surface area contributed by atoms with Gasteiger partial charge in [0.05, 0.1) is 31.3 Å². The molecule has 0 amide bonds. The first-order chi connectivity index (χ1) is 12.6. The Balaban J connectivity index is 1.59. The van der Waals surface area contributed by atoms with Crippen molar-refractivity contribution in [1.82, 2.24) is 4.90 Å². The number of nitrogens with zero attached hydrogens (tertiary/aromatic N) is 1. The number of hydrogen-bond acceptors (Lipinski definition) is 6. The number of likely N-dealkylation sites (tertiary alicyclic amines) is 1. The lowest BCUT2D eigenvalue weighted by Gasteiger charge is -2.67. The number of aliphatic hydroxyl groups is 1. The molecule has 5 fully saturated rings. The monoisotopic (exact) mass is 361 g/mol. The molecule has 6 rings (SSSR count). The first-order valence-corrected chi connectivity index (χ1v) is 9.89. The Morgan fingerprint density at radius 2 is 2.04 bits per heavy atom. The maximum atomic E-state index is 12.2. The molecule has 2 spiro atoms. The number of piperidine rings is 1. The van der Waals surface area contributed by atoms with Crippen molar-refractivity contribution in [2.45, 2.75) is 49.2 Å². The summed E-state index contributed by atoms with van der Waals surface area (Å²) in [5.41, 5.74) is -1.16. The molecule has 6 aliphatic rings. The summed E-state index contributed by atoms with van der Waals surface area (Å²) in [5.74, 6) is 1.48. The Morgan fingerprint density at radius 3 is 2.81 bits per heavy atom. The summed E-state index contributed by atoms with van der Waals surface area (Å²) in [6.07, 6.45) is 7.27. The van der Waals surface area contributed by atoms with Gasteiger partial charge in [0.25, 0.3) is 0 Å². The fraction of sp³-hybridized carbons (Fsp3) is 0.800. The van der Waals surface area contributed by atoms with Crippen LogP contribution in [0.5, 0.6) is 0 Å². The number of rotatable bonds is 1. The van der Waals surface area contributed by atoms with E-state index in [0.717, 1.165) is 30.9 Å². The maximum Gasteiger partial charge on any atom is 0.206 e. The summed E-state index contributed by atoms with van der Waals surface area (Å²) in [6, 6.07) is 0.149. The molecule has 3 unspecified atom stereocenters. The highest BCUT2D eigenvalue weighted by atomic mass is 16.8. The largest absolute Gasteiger partial charge is 0.493 e. The highest BCUT2D eigenvalue weighted by Gasteiger charge is 2.80. The lowest BCUT2D eigenvalue weighted by Crippen LogP contribution is -2.78. The lowest BCUT2D eigenvalue weighted by atomic mass is 9.43. The highest BCUT2D eigenvalue weighted by Crippen LogP contribution is 2.72. The molecule has 6 nitrogen and oxygen atoms in total. The highest BCUT2D eigenvalue weighted by molar-refractivity contribution is 5.39. The Morgan fingerprint density at radius 1 is 1.23 bits per heavy atom. The van der Waals surface area contributed by atoms with Crippen LogP contribution < -0.4 is 0 Å². The molecule has 1 N–H and O–H groups in total. The van der Waals surface area contributed by atoms with E-state index < -0.39 is 11.4 Å². The van der Waals surface area contributed by atoms with Crippen LogP contribution in [0.15, 0.2) is 23.7 Å². The molecule has 0 aromatic rings. The molecule has 2 bridgehead atoms. The van der Waals surface area contributed by atoms with Crippen LogP contribution in [-0.4, -0.2) is 67.5 Å². The normalized spacial score (nSPS) is 50.7. The minimum atomic E-state index is -0.780. The predicted molar refractivity (Wildman–Crippen MR) is 91.9 cm³/mol. The van der Waals surface area contributed by atoms with Gasteiger partial charge in [0, 0.05) is 18.4 Å². The number of ether oxygens (including phenoxy) is 4. The summed E-state index contributed by atoms with van der Waals surface area (Å²) < 4.78 is 24.7. The first-order valence-electron chi connectivity index (χ1n) is 9.89. The van der Waals surface area contributed by atoms with E-state index in [1.54, 1.807) is 7.11 Å². The van der Waals surface area contributed by atoms with E-state index in [1.807, 2.05) is 6.08 Å². The third-order valence-electron chi connectivity index (χ3n) is 8.23. The van der Waals surface area contributed by atoms with Gasteiger partial charge in [-0.25, -0.2) is 0 Å². The fourth-order valence-electron chi connectivity index (χ4n) is 7.25. The van der Waals surface area contributed by atoms with Crippen LogP contribution in [0.2, 0.25) is 0 Å². The minimum Gasteiger partial charge on any atom is -0.493 e. The van der Waals surface area contributed by atoms with E-state index in [4.69, 9.17) is 18.9 Å². The van der Waals surface area contributed by atoms with Crippen molar-refractivity contribution in [3.8, 4) is 0 Å². The van der Waals surface area contributed by atoms with E-state index in [-0.39, 0.29) is 23.5 Å². The second kappa shape index (κ2) is 4.85. The van der Waals surface area contributed by atoms with Gasteiger partial charge in [-0.3, -0.25) is 0 Å². The van der Waals surface area contributed by atoms with Crippen LogP contribution in [-0.2, 0) is 18.9 Å². The zero-order valence-corrected chi connectivity index (χ0v) is 15.4. The Hall–Kier alpha value is -1.08. The predicted octanol–water partition coefficient (Wildman–Crippen LogP) is 1.41. The second-order valence-corrected chi connectivity index (χ2v) is 8.89. The van der Waals surface area contributed by atoms with E-state index in [2.05, 4.69) is 18.0 Å². The van der Waals surface area contributed by atoms with E-state index in [9.17, 15) is 5.11 Å². The van der Waals surface area contributed by atoms with Crippen molar-refractivity contribution in [2.24, 2.45) is 17.3 Å². The van der Waals surface area contributed by atoms with Crippen molar-refractivity contribution >= 4 is 0 Å². The molecule has 6 heteroatoms. The van der Waals surface area contributed by atoms with Crippen LogP contribution in [0.3, 0.4) is 0 Å². The van der Waals surface area contributed by atoms with Gasteiger partial charge in [0.15, 0.2) is 11.9 Å². The van der Waals surface area contributed by atoms with E-state index in [1.165, 1.54) is 0 Å². The second-order valence-electron chi connectivity index (χ2n) is 8.89. The molecule has 0 aromatic carbocycles. The van der Waals surface area contributed by atoms with Gasteiger partial charge in [-0.2, -0.15) is 0 Å². The average molecular weight is 361 g/mol. The molecule has 0 radical (unpaired) electrons. The fourth-order valence-corrected chi connectivity index (χ4v) is 7.25. The number of hydrogen-bond donors (Lipinski definition) is 1. The summed E-state index contributed by atoms with van der Waals surface area (Å²) in [6.45, 7) is 2.16. The molecule has 3 saturated heterocycles. The third-order valence-corrected chi connectivity index (χ3v) is 8.23. The lowest BCUT2D eigenvalue weighted by molar-refractivity contribution is -0.332. The maximum absolute atomic E-state index is 12.2. The van der Waals surface area contributed by atoms with Crippen molar-refractivity contribution in [2.75, 3.05) is 33.9 Å². The molecule has 142 valence electrons. The average Bonchev–Trinajstić information content (AvgIpc) is 3.24. The zero-order chi connectivity index (χ0) is 17.7. The van der Waals surface area contributed by atoms with Gasteiger partial charge < -0.3 is 29.0 Å². The van der Waals surface area contributed by atoms with Crippen molar-refractivity contribution in [3.05, 3.63) is 23.7 Å². The van der Waals surface area contributed by atoms with Gasteiger partial charge in [0.2, 0.25) is 5.79 Å². The van der Waals surface area contributed by atoms with Crippen LogP contribution in [0, 0.1) is 17.3 Å². The van der Waals surface area contributed by atoms with Gasteiger partial charge >= 0.3 is 0 Å². The standard InChI is InChI=1S/C20H27NO5/c1-21-8-7-18-15-12-3-4-13(23-2)16(15)26-17(18)20(24-9-10-25-20)6-5-19(18,22)14(21)11-12/h3-4,12,14-15,17,22H,5-11H2,1-2H3/t12?,14-,15?,17-,18+,19?/m1/s1. The quantitative estimate of drug-likeness (QED) is 0.762. The molecular formula is C20H27NO5. The summed E-state index contributed by atoms with van der Waals surface area (Å²) in [5, 5.41) is 12.2. The molecule has 6 atom stereocenters. The number of allylic oxidation sites excluding steroid dienone is 3. The molecule has 26 heavy (non-hydrogen) atoms. The van der Waals surface area contributed by atoms with Crippen molar-refractivity contribution in [3.63, 3.8) is 0 Å². The van der Waals surface area contributed by atoms with Crippen LogP contribution in [0.4, 0.5) is 0 Å². The third kappa shape index (κ3) is 1.53. The van der Waals surface area contributed by atoms with E-state index >= 15 is 0 Å². The van der Waals surface area contributed by atoms with Crippen LogP contribution in [0.1, 0.15) is 25.7 Å². The van der Waals surface area contributed by atoms with Gasteiger partial charge in [-0.1, -0.05) is 6.08 Å². The molecule has 3 aliphatic carbocycles.